The van der Waals surface area contributed by atoms with Gasteiger partial charge in [0.25, 0.3) is 0 Å². The van der Waals surface area contributed by atoms with Gasteiger partial charge >= 0.3 is 0 Å². The van der Waals surface area contributed by atoms with Crippen LogP contribution in [-0.4, -0.2) is 5.67 Å². The average Bonchev–Trinajstić information content (AvgIpc) is 2.52. The molecule has 1 heteroatoms. The lowest BCUT2D eigenvalue weighted by atomic mass is 9.84. The average molecular weight is 216 g/mol. The SMILES string of the molecule is CC.CC(C)CC1(CC(C)C)CC1(C)F. The van der Waals surface area contributed by atoms with Gasteiger partial charge in [0.1, 0.15) is 5.67 Å². The summed E-state index contributed by atoms with van der Waals surface area (Å²) in [7, 11) is 0. The van der Waals surface area contributed by atoms with Crippen LogP contribution in [0.4, 0.5) is 4.39 Å². The van der Waals surface area contributed by atoms with E-state index in [1.54, 1.807) is 6.92 Å². The zero-order valence-corrected chi connectivity index (χ0v) is 11.7. The summed E-state index contributed by atoms with van der Waals surface area (Å²) in [5.74, 6) is 1.24. The van der Waals surface area contributed by atoms with Gasteiger partial charge in [-0.3, -0.25) is 0 Å². The summed E-state index contributed by atoms with van der Waals surface area (Å²) in [5.41, 5.74) is -0.850. The summed E-state index contributed by atoms with van der Waals surface area (Å²) in [6.07, 6.45) is 2.90. The molecule has 0 amide bonds. The van der Waals surface area contributed by atoms with Crippen LogP contribution < -0.4 is 0 Å². The van der Waals surface area contributed by atoms with Crippen molar-refractivity contribution in [3.8, 4) is 0 Å². The molecule has 1 aliphatic carbocycles. The first-order chi connectivity index (χ1) is 6.79. The van der Waals surface area contributed by atoms with Crippen LogP contribution in [0.5, 0.6) is 0 Å². The van der Waals surface area contributed by atoms with Crippen molar-refractivity contribution in [2.45, 2.75) is 73.4 Å². The Bertz CT molecular complexity index is 170. The molecule has 0 spiro atoms. The van der Waals surface area contributed by atoms with Crippen LogP contribution in [0, 0.1) is 17.3 Å². The molecule has 0 saturated heterocycles. The molecule has 15 heavy (non-hydrogen) atoms. The molecule has 1 rings (SSSR count). The fraction of sp³-hybridized carbons (Fsp3) is 1.00. The fourth-order valence-corrected chi connectivity index (χ4v) is 2.81. The minimum Gasteiger partial charge on any atom is -0.244 e. The van der Waals surface area contributed by atoms with Gasteiger partial charge in [0, 0.05) is 5.41 Å². The normalized spacial score (nSPS) is 27.6. The van der Waals surface area contributed by atoms with E-state index in [0.29, 0.717) is 11.8 Å². The van der Waals surface area contributed by atoms with E-state index in [-0.39, 0.29) is 5.41 Å². The number of hydrogen-bond donors (Lipinski definition) is 0. The number of rotatable bonds is 4. The Morgan fingerprint density at radius 3 is 1.40 bits per heavy atom. The first kappa shape index (κ1) is 14.9. The highest BCUT2D eigenvalue weighted by molar-refractivity contribution is 5.14. The molecular formula is C14H29F. The zero-order valence-electron chi connectivity index (χ0n) is 11.7. The predicted molar refractivity (Wildman–Crippen MR) is 66.8 cm³/mol. The van der Waals surface area contributed by atoms with Gasteiger partial charge in [-0.1, -0.05) is 41.5 Å². The minimum absolute atomic E-state index is 0.0231. The fourth-order valence-electron chi connectivity index (χ4n) is 2.81. The van der Waals surface area contributed by atoms with E-state index in [1.807, 2.05) is 13.8 Å². The third-order valence-corrected chi connectivity index (χ3v) is 3.25. The molecular weight excluding hydrogens is 187 g/mol. The standard InChI is InChI=1S/C12H23F.C2H6/c1-9(2)6-12(7-10(3)4)8-11(12,5)13;1-2/h9-10H,6-8H2,1-5H3;1-2H3. The maximum atomic E-state index is 13.8. The topological polar surface area (TPSA) is 0 Å². The van der Waals surface area contributed by atoms with E-state index in [9.17, 15) is 4.39 Å². The lowest BCUT2D eigenvalue weighted by Crippen LogP contribution is -2.17. The molecule has 0 aliphatic heterocycles. The molecule has 0 nitrogen and oxygen atoms in total. The van der Waals surface area contributed by atoms with Gasteiger partial charge < -0.3 is 0 Å². The Morgan fingerprint density at radius 2 is 1.27 bits per heavy atom. The highest BCUT2D eigenvalue weighted by atomic mass is 19.1. The Balaban J connectivity index is 0.000000921. The maximum absolute atomic E-state index is 13.8. The molecule has 0 aromatic carbocycles. The van der Waals surface area contributed by atoms with Crippen molar-refractivity contribution >= 4 is 0 Å². The smallest absolute Gasteiger partial charge is 0.114 e. The monoisotopic (exact) mass is 216 g/mol. The third-order valence-electron chi connectivity index (χ3n) is 3.25. The molecule has 1 saturated carbocycles. The van der Waals surface area contributed by atoms with Crippen molar-refractivity contribution in [1.29, 1.82) is 0 Å². The van der Waals surface area contributed by atoms with Gasteiger partial charge in [0.05, 0.1) is 0 Å². The largest absolute Gasteiger partial charge is 0.244 e. The molecule has 0 heterocycles. The Hall–Kier alpha value is -0.0700. The third kappa shape index (κ3) is 3.77. The van der Waals surface area contributed by atoms with Gasteiger partial charge in [0.15, 0.2) is 0 Å². The van der Waals surface area contributed by atoms with Crippen LogP contribution in [0.25, 0.3) is 0 Å². The highest BCUT2D eigenvalue weighted by Gasteiger charge is 2.64. The van der Waals surface area contributed by atoms with Crippen molar-refractivity contribution in [2.24, 2.45) is 17.3 Å². The second-order valence-corrected chi connectivity index (χ2v) is 5.85. The summed E-state index contributed by atoms with van der Waals surface area (Å²) < 4.78 is 13.8. The second kappa shape index (κ2) is 5.32. The van der Waals surface area contributed by atoms with Crippen molar-refractivity contribution in [2.75, 3.05) is 0 Å². The van der Waals surface area contributed by atoms with Crippen molar-refractivity contribution in [1.82, 2.24) is 0 Å². The van der Waals surface area contributed by atoms with E-state index in [2.05, 4.69) is 27.7 Å². The first-order valence-corrected chi connectivity index (χ1v) is 6.48. The molecule has 1 atom stereocenters. The van der Waals surface area contributed by atoms with Crippen LogP contribution >= 0.6 is 0 Å². The maximum Gasteiger partial charge on any atom is 0.114 e. The minimum atomic E-state index is -0.873. The Kier molecular flexibility index (Phi) is 5.29. The van der Waals surface area contributed by atoms with E-state index in [1.165, 1.54) is 0 Å². The lowest BCUT2D eigenvalue weighted by Gasteiger charge is -2.22. The summed E-state index contributed by atoms with van der Waals surface area (Å²) >= 11 is 0. The summed E-state index contributed by atoms with van der Waals surface area (Å²) in [5, 5.41) is 0. The van der Waals surface area contributed by atoms with E-state index < -0.39 is 5.67 Å². The van der Waals surface area contributed by atoms with E-state index in [0.717, 1.165) is 19.3 Å². The van der Waals surface area contributed by atoms with Crippen LogP contribution in [0.2, 0.25) is 0 Å². The lowest BCUT2D eigenvalue weighted by molar-refractivity contribution is 0.191. The number of hydrogen-bond acceptors (Lipinski definition) is 0. The summed E-state index contributed by atoms with van der Waals surface area (Å²) in [6, 6.07) is 0. The van der Waals surface area contributed by atoms with E-state index in [4.69, 9.17) is 0 Å². The van der Waals surface area contributed by atoms with Gasteiger partial charge in [-0.2, -0.15) is 0 Å². The molecule has 0 aromatic heterocycles. The molecule has 0 bridgehead atoms. The summed E-state index contributed by atoms with van der Waals surface area (Å²) in [4.78, 5) is 0. The van der Waals surface area contributed by atoms with Gasteiger partial charge in [-0.25, -0.2) is 4.39 Å². The number of halogens is 1. The van der Waals surface area contributed by atoms with Crippen molar-refractivity contribution in [3.63, 3.8) is 0 Å². The predicted octanol–water partition coefficient (Wildman–Crippen LogP) is 5.22. The van der Waals surface area contributed by atoms with Crippen molar-refractivity contribution in [3.05, 3.63) is 0 Å². The van der Waals surface area contributed by atoms with Crippen LogP contribution in [0.3, 0.4) is 0 Å². The molecule has 1 aliphatic rings. The molecule has 92 valence electrons. The number of alkyl halides is 1. The van der Waals surface area contributed by atoms with Crippen LogP contribution in [0.1, 0.15) is 67.7 Å². The Morgan fingerprint density at radius 1 is 1.00 bits per heavy atom. The van der Waals surface area contributed by atoms with E-state index >= 15 is 0 Å². The van der Waals surface area contributed by atoms with Gasteiger partial charge in [-0.05, 0) is 38.0 Å². The molecule has 1 unspecified atom stereocenters. The van der Waals surface area contributed by atoms with Crippen LogP contribution in [0.15, 0.2) is 0 Å². The molecule has 0 N–H and O–H groups in total. The van der Waals surface area contributed by atoms with Crippen LogP contribution in [-0.2, 0) is 0 Å². The van der Waals surface area contributed by atoms with Gasteiger partial charge in [-0.15, -0.1) is 0 Å². The van der Waals surface area contributed by atoms with Gasteiger partial charge in [0.2, 0.25) is 0 Å². The second-order valence-electron chi connectivity index (χ2n) is 5.85. The quantitative estimate of drug-likeness (QED) is 0.604. The van der Waals surface area contributed by atoms with Crippen molar-refractivity contribution < 1.29 is 4.39 Å². The molecule has 0 radical (unpaired) electrons. The summed E-state index contributed by atoms with van der Waals surface area (Å²) in [6.45, 7) is 14.5. The Labute approximate surface area is 95.6 Å². The molecule has 0 aromatic rings. The first-order valence-electron chi connectivity index (χ1n) is 6.48. The molecule has 1 fully saturated rings. The zero-order chi connectivity index (χ0) is 12.3. The highest BCUT2D eigenvalue weighted by Crippen LogP contribution is 2.65.